The van der Waals surface area contributed by atoms with Gasteiger partial charge in [0.1, 0.15) is 17.9 Å². The number of nitrogens with zero attached hydrogens (tertiary/aromatic N) is 2. The van der Waals surface area contributed by atoms with Crippen molar-refractivity contribution in [3.05, 3.63) is 41.5 Å². The summed E-state index contributed by atoms with van der Waals surface area (Å²) in [5, 5.41) is 10.0. The number of aryl methyl sites for hydroxylation is 1. The minimum absolute atomic E-state index is 0.236. The van der Waals surface area contributed by atoms with Crippen LogP contribution in [0.2, 0.25) is 0 Å². The number of ether oxygens (including phenoxy) is 2. The molecular weight excluding hydrogens is 312 g/mol. The lowest BCUT2D eigenvalue weighted by Crippen LogP contribution is -2.48. The summed E-state index contributed by atoms with van der Waals surface area (Å²) in [6, 6.07) is 6.81. The van der Waals surface area contributed by atoms with E-state index in [9.17, 15) is 4.79 Å². The Hall–Kier alpha value is -2.45. The first-order valence-electron chi connectivity index (χ1n) is 7.75. The summed E-state index contributed by atoms with van der Waals surface area (Å²) in [4.78, 5) is 16.8. The fourth-order valence-electron chi connectivity index (χ4n) is 2.59. The molecular formula is C16H20N4O4. The molecule has 2 N–H and O–H groups in total. The smallest absolute Gasteiger partial charge is 0.251 e. The van der Waals surface area contributed by atoms with E-state index in [2.05, 4.69) is 20.8 Å². The van der Waals surface area contributed by atoms with Crippen molar-refractivity contribution in [2.24, 2.45) is 0 Å². The van der Waals surface area contributed by atoms with Gasteiger partial charge in [-0.1, -0.05) is 23.4 Å². The third-order valence-corrected chi connectivity index (χ3v) is 3.76. The monoisotopic (exact) mass is 332 g/mol. The third-order valence-electron chi connectivity index (χ3n) is 3.76. The van der Waals surface area contributed by atoms with E-state index in [0.717, 1.165) is 12.1 Å². The summed E-state index contributed by atoms with van der Waals surface area (Å²) in [5.41, 5.74) is 0.748. The summed E-state index contributed by atoms with van der Waals surface area (Å²) in [6.45, 7) is 3.41. The summed E-state index contributed by atoms with van der Waals surface area (Å²) < 4.78 is 16.0. The molecule has 1 fully saturated rings. The van der Waals surface area contributed by atoms with Crippen LogP contribution in [0.1, 0.15) is 23.3 Å². The predicted molar refractivity (Wildman–Crippen MR) is 84.6 cm³/mol. The summed E-state index contributed by atoms with van der Waals surface area (Å²) in [7, 11) is 1.58. The maximum absolute atomic E-state index is 12.6. The lowest BCUT2D eigenvalue weighted by molar-refractivity contribution is -0.134. The topological polar surface area (TPSA) is 98.5 Å². The fourth-order valence-corrected chi connectivity index (χ4v) is 2.59. The molecule has 2 atom stereocenters. The number of carbonyl (C=O) groups excluding carboxylic acids is 1. The molecule has 1 aromatic carbocycles. The van der Waals surface area contributed by atoms with Crippen molar-refractivity contribution in [3.8, 4) is 5.75 Å². The van der Waals surface area contributed by atoms with Gasteiger partial charge in [-0.25, -0.2) is 0 Å². The minimum atomic E-state index is -0.586. The number of benzene rings is 1. The molecule has 2 unspecified atom stereocenters. The van der Waals surface area contributed by atoms with Gasteiger partial charge in [-0.3, -0.25) is 4.79 Å². The van der Waals surface area contributed by atoms with E-state index in [1.165, 1.54) is 0 Å². The van der Waals surface area contributed by atoms with Crippen molar-refractivity contribution in [2.75, 3.05) is 26.8 Å². The second-order valence-electron chi connectivity index (χ2n) is 5.42. The molecule has 0 bridgehead atoms. The van der Waals surface area contributed by atoms with Crippen molar-refractivity contribution in [1.29, 1.82) is 0 Å². The first-order valence-corrected chi connectivity index (χ1v) is 7.75. The van der Waals surface area contributed by atoms with Crippen molar-refractivity contribution in [3.63, 3.8) is 0 Å². The van der Waals surface area contributed by atoms with Gasteiger partial charge in [-0.15, -0.1) is 0 Å². The van der Waals surface area contributed by atoms with Gasteiger partial charge < -0.3 is 24.6 Å². The maximum atomic E-state index is 12.6. The molecule has 24 heavy (non-hydrogen) atoms. The first-order chi connectivity index (χ1) is 11.7. The second kappa shape index (κ2) is 7.41. The zero-order valence-electron chi connectivity index (χ0n) is 13.6. The number of methoxy groups -OCH3 is 1. The number of carbonyl (C=O) groups is 1. The number of hydrogen-bond acceptors (Lipinski definition) is 7. The van der Waals surface area contributed by atoms with Crippen LogP contribution in [0.5, 0.6) is 5.75 Å². The summed E-state index contributed by atoms with van der Waals surface area (Å²) in [6.07, 6.45) is -0.552. The van der Waals surface area contributed by atoms with Crippen molar-refractivity contribution in [2.45, 2.75) is 19.1 Å². The normalized spacial score (nSPS) is 18.8. The molecule has 0 aliphatic carbocycles. The highest BCUT2D eigenvalue weighted by Crippen LogP contribution is 2.28. The zero-order chi connectivity index (χ0) is 16.9. The number of rotatable bonds is 5. The SMILES string of the molecule is COc1ccccc1C(NC(=O)C1CNCCO1)c1noc(C)n1. The molecule has 1 amide bonds. The molecule has 0 saturated carbocycles. The van der Waals surface area contributed by atoms with E-state index < -0.39 is 12.1 Å². The Morgan fingerprint density at radius 1 is 1.46 bits per heavy atom. The third kappa shape index (κ3) is 3.55. The molecule has 0 radical (unpaired) electrons. The Balaban J connectivity index is 1.89. The Kier molecular flexibility index (Phi) is 5.07. The first kappa shape index (κ1) is 16.4. The zero-order valence-corrected chi connectivity index (χ0v) is 13.6. The van der Waals surface area contributed by atoms with Gasteiger partial charge in [0, 0.05) is 25.6 Å². The molecule has 1 aromatic heterocycles. The number of aromatic nitrogens is 2. The molecule has 0 spiro atoms. The number of hydrogen-bond donors (Lipinski definition) is 2. The van der Waals surface area contributed by atoms with Crippen LogP contribution in [0, 0.1) is 6.92 Å². The molecule has 8 heteroatoms. The van der Waals surface area contributed by atoms with Crippen molar-refractivity contribution < 1.29 is 18.8 Å². The van der Waals surface area contributed by atoms with E-state index in [1.54, 1.807) is 14.0 Å². The average molecular weight is 332 g/mol. The second-order valence-corrected chi connectivity index (χ2v) is 5.42. The summed E-state index contributed by atoms with van der Waals surface area (Å²) >= 11 is 0. The minimum Gasteiger partial charge on any atom is -0.496 e. The predicted octanol–water partition coefficient (Wildman–Crippen LogP) is 0.581. The number of morpholine rings is 1. The Morgan fingerprint density at radius 3 is 2.96 bits per heavy atom. The van der Waals surface area contributed by atoms with Gasteiger partial charge in [0.2, 0.25) is 5.89 Å². The van der Waals surface area contributed by atoms with Gasteiger partial charge in [0.15, 0.2) is 5.82 Å². The quantitative estimate of drug-likeness (QED) is 0.826. The van der Waals surface area contributed by atoms with Gasteiger partial charge in [0.05, 0.1) is 13.7 Å². The molecule has 1 aliphatic rings. The van der Waals surface area contributed by atoms with Crippen LogP contribution in [-0.4, -0.2) is 49.0 Å². The average Bonchev–Trinajstić information content (AvgIpc) is 3.06. The highest BCUT2D eigenvalue weighted by Gasteiger charge is 2.29. The summed E-state index contributed by atoms with van der Waals surface area (Å²) in [5.74, 6) is 1.19. The van der Waals surface area contributed by atoms with Crippen LogP contribution in [0.4, 0.5) is 0 Å². The van der Waals surface area contributed by atoms with Crippen LogP contribution < -0.4 is 15.4 Å². The van der Waals surface area contributed by atoms with E-state index in [0.29, 0.717) is 30.6 Å². The maximum Gasteiger partial charge on any atom is 0.251 e. The Labute approximate surface area is 139 Å². The molecule has 3 rings (SSSR count). The number of para-hydroxylation sites is 1. The largest absolute Gasteiger partial charge is 0.496 e. The van der Waals surface area contributed by atoms with Crippen LogP contribution >= 0.6 is 0 Å². The van der Waals surface area contributed by atoms with Gasteiger partial charge in [-0.05, 0) is 6.07 Å². The fraction of sp³-hybridized carbons (Fsp3) is 0.438. The number of amides is 1. The van der Waals surface area contributed by atoms with Crippen LogP contribution in [0.15, 0.2) is 28.8 Å². The van der Waals surface area contributed by atoms with Crippen LogP contribution in [-0.2, 0) is 9.53 Å². The Bertz CT molecular complexity index is 697. The highest BCUT2D eigenvalue weighted by molar-refractivity contribution is 5.82. The van der Waals surface area contributed by atoms with Crippen LogP contribution in [0.25, 0.3) is 0 Å². The van der Waals surface area contributed by atoms with E-state index >= 15 is 0 Å². The molecule has 1 saturated heterocycles. The lowest BCUT2D eigenvalue weighted by Gasteiger charge is -2.25. The lowest BCUT2D eigenvalue weighted by atomic mass is 10.0. The highest BCUT2D eigenvalue weighted by atomic mass is 16.5. The molecule has 2 aromatic rings. The van der Waals surface area contributed by atoms with Crippen LogP contribution in [0.3, 0.4) is 0 Å². The number of nitrogens with one attached hydrogen (secondary N) is 2. The Morgan fingerprint density at radius 2 is 2.29 bits per heavy atom. The molecule has 8 nitrogen and oxygen atoms in total. The molecule has 1 aliphatic heterocycles. The molecule has 128 valence electrons. The van der Waals surface area contributed by atoms with Gasteiger partial charge >= 0.3 is 0 Å². The van der Waals surface area contributed by atoms with E-state index in [4.69, 9.17) is 14.0 Å². The standard InChI is InChI=1S/C16H20N4O4/c1-10-18-15(20-24-10)14(11-5-3-4-6-12(11)22-2)19-16(21)13-9-17-7-8-23-13/h3-6,13-14,17H,7-9H2,1-2H3,(H,19,21). The van der Waals surface area contributed by atoms with Crippen molar-refractivity contribution in [1.82, 2.24) is 20.8 Å². The van der Waals surface area contributed by atoms with Gasteiger partial charge in [-0.2, -0.15) is 4.98 Å². The van der Waals surface area contributed by atoms with Gasteiger partial charge in [0.25, 0.3) is 5.91 Å². The van der Waals surface area contributed by atoms with E-state index in [1.807, 2.05) is 24.3 Å². The molecule has 2 heterocycles. The van der Waals surface area contributed by atoms with Crippen molar-refractivity contribution >= 4 is 5.91 Å². The van der Waals surface area contributed by atoms with E-state index in [-0.39, 0.29) is 5.91 Å².